The van der Waals surface area contributed by atoms with E-state index in [9.17, 15) is 32.4 Å². The Morgan fingerprint density at radius 3 is 1.70 bits per heavy atom. The highest BCUT2D eigenvalue weighted by atomic mass is 19.3. The van der Waals surface area contributed by atoms with Gasteiger partial charge in [-0.2, -0.15) is 17.6 Å². The molecule has 0 radical (unpaired) electrons. The molecule has 30 heavy (non-hydrogen) atoms. The zero-order valence-electron chi connectivity index (χ0n) is 14.6. The van der Waals surface area contributed by atoms with Gasteiger partial charge in [0.25, 0.3) is 11.4 Å². The van der Waals surface area contributed by atoms with Crippen LogP contribution in [0.5, 0.6) is 11.5 Å². The van der Waals surface area contributed by atoms with Crippen molar-refractivity contribution in [3.8, 4) is 11.5 Å². The normalized spacial score (nSPS) is 11.0. The van der Waals surface area contributed by atoms with Crippen molar-refractivity contribution >= 4 is 11.6 Å². The fourth-order valence-electron chi connectivity index (χ4n) is 2.44. The molecular formula is C18H10F4N2O6. The predicted molar refractivity (Wildman–Crippen MR) is 88.5 cm³/mol. The Balaban J connectivity index is 1.87. The maximum atomic E-state index is 12.6. The first-order valence-electron chi connectivity index (χ1n) is 8.05. The average molecular weight is 426 g/mol. The van der Waals surface area contributed by atoms with Crippen molar-refractivity contribution in [1.29, 1.82) is 0 Å². The van der Waals surface area contributed by atoms with Crippen LogP contribution in [-0.4, -0.2) is 29.9 Å². The van der Waals surface area contributed by atoms with Gasteiger partial charge in [-0.05, 0) is 53.4 Å². The van der Waals surface area contributed by atoms with Gasteiger partial charge in [-0.25, -0.2) is 0 Å². The molecule has 0 unspecified atom stereocenters. The van der Waals surface area contributed by atoms with Gasteiger partial charge in [0.15, 0.2) is 0 Å². The van der Waals surface area contributed by atoms with Gasteiger partial charge in [-0.15, -0.1) is 0 Å². The van der Waals surface area contributed by atoms with Crippen LogP contribution in [0.1, 0.15) is 32.1 Å². The third-order valence-electron chi connectivity index (χ3n) is 3.73. The molecule has 0 N–H and O–H groups in total. The molecule has 0 saturated heterocycles. The van der Waals surface area contributed by atoms with Gasteiger partial charge in [0.05, 0.1) is 5.16 Å². The molecule has 0 saturated carbocycles. The smallest absolute Gasteiger partial charge is 0.387 e. The van der Waals surface area contributed by atoms with Crippen molar-refractivity contribution in [2.75, 3.05) is 0 Å². The van der Waals surface area contributed by atoms with Crippen LogP contribution in [0, 0.1) is 5.21 Å². The first-order valence-corrected chi connectivity index (χ1v) is 8.05. The van der Waals surface area contributed by atoms with Crippen molar-refractivity contribution in [2.45, 2.75) is 13.2 Å². The van der Waals surface area contributed by atoms with Gasteiger partial charge in [-0.1, -0.05) is 0 Å². The van der Waals surface area contributed by atoms with E-state index in [2.05, 4.69) is 19.3 Å². The summed E-state index contributed by atoms with van der Waals surface area (Å²) in [6.07, 6.45) is 0. The third kappa shape index (κ3) is 4.54. The first kappa shape index (κ1) is 20.8. The number of halogens is 4. The number of benzene rings is 2. The van der Waals surface area contributed by atoms with Crippen LogP contribution in [0.3, 0.4) is 0 Å². The second-order valence-electron chi connectivity index (χ2n) is 5.59. The number of carbonyl (C=O) groups is 2. The van der Waals surface area contributed by atoms with E-state index in [4.69, 9.17) is 0 Å². The van der Waals surface area contributed by atoms with Crippen LogP contribution in [-0.2, 0) is 0 Å². The Morgan fingerprint density at radius 2 is 1.27 bits per heavy atom. The quantitative estimate of drug-likeness (QED) is 0.310. The summed E-state index contributed by atoms with van der Waals surface area (Å²) in [6.45, 7) is -6.11. The summed E-state index contributed by atoms with van der Waals surface area (Å²) < 4.78 is 61.5. The van der Waals surface area contributed by atoms with Crippen molar-refractivity contribution in [3.63, 3.8) is 0 Å². The number of carbonyl (C=O) groups excluding carboxylic acids is 2. The summed E-state index contributed by atoms with van der Waals surface area (Å²) >= 11 is 0. The zero-order valence-corrected chi connectivity index (χ0v) is 14.6. The maximum absolute atomic E-state index is 12.6. The largest absolute Gasteiger partial charge is 0.435 e. The monoisotopic (exact) mass is 426 g/mol. The van der Waals surface area contributed by atoms with Crippen LogP contribution in [0.25, 0.3) is 0 Å². The molecule has 0 aliphatic carbocycles. The first-order chi connectivity index (χ1) is 14.3. The fraction of sp³-hybridized carbons (Fsp3) is 0.111. The molecule has 0 atom stereocenters. The number of hydrogen-bond donors (Lipinski definition) is 0. The van der Waals surface area contributed by atoms with Crippen LogP contribution in [0.2, 0.25) is 0 Å². The minimum absolute atomic E-state index is 0.0831. The lowest BCUT2D eigenvalue weighted by Gasteiger charge is -2.05. The molecule has 0 aliphatic rings. The summed E-state index contributed by atoms with van der Waals surface area (Å²) in [4.78, 5) is 25.0. The van der Waals surface area contributed by atoms with Crippen molar-refractivity contribution in [1.82, 2.24) is 5.16 Å². The lowest BCUT2D eigenvalue weighted by molar-refractivity contribution is -0.803. The molecular weight excluding hydrogens is 416 g/mol. The van der Waals surface area contributed by atoms with Gasteiger partial charge in [0.1, 0.15) is 11.5 Å². The number of ketones is 2. The Labute approximate surface area is 164 Å². The van der Waals surface area contributed by atoms with Gasteiger partial charge >= 0.3 is 13.2 Å². The SMILES string of the molecule is O=C(c1ccc(OC(F)F)cc1)c1no[n+]([O-])c1C(=O)c1ccc(OC(F)F)cc1. The molecule has 156 valence electrons. The summed E-state index contributed by atoms with van der Waals surface area (Å²) in [7, 11) is 0. The number of ether oxygens (including phenoxy) is 2. The van der Waals surface area contributed by atoms with Gasteiger partial charge in [0.2, 0.25) is 11.6 Å². The number of alkyl halides is 4. The molecule has 3 rings (SSSR count). The van der Waals surface area contributed by atoms with E-state index in [1.54, 1.807) is 0 Å². The lowest BCUT2D eigenvalue weighted by atomic mass is 10.0. The van der Waals surface area contributed by atoms with Crippen molar-refractivity contribution < 1.29 is 46.2 Å². The number of rotatable bonds is 8. The van der Waals surface area contributed by atoms with E-state index >= 15 is 0 Å². The molecule has 0 amide bonds. The second kappa shape index (κ2) is 8.59. The van der Waals surface area contributed by atoms with Crippen LogP contribution < -0.4 is 14.4 Å². The highest BCUT2D eigenvalue weighted by Gasteiger charge is 2.33. The van der Waals surface area contributed by atoms with Gasteiger partial charge < -0.3 is 14.7 Å². The Hall–Kier alpha value is -3.96. The standard InChI is InChI=1S/C18H10F4N2O6/c19-17(20)28-11-5-1-9(2-6-11)15(25)13-14(24(27)30-23-13)16(26)10-3-7-12(8-4-10)29-18(21)22/h1-8,17-18H. The lowest BCUT2D eigenvalue weighted by Crippen LogP contribution is -2.32. The van der Waals surface area contributed by atoms with E-state index < -0.39 is 36.2 Å². The molecule has 0 aliphatic heterocycles. The van der Waals surface area contributed by atoms with E-state index in [-0.39, 0.29) is 27.5 Å². The Kier molecular flexibility index (Phi) is 5.95. The van der Waals surface area contributed by atoms with Crippen LogP contribution in [0.4, 0.5) is 17.6 Å². The Bertz CT molecular complexity index is 1050. The molecule has 12 heteroatoms. The van der Waals surface area contributed by atoms with Crippen LogP contribution >= 0.6 is 0 Å². The van der Waals surface area contributed by atoms with Gasteiger partial charge in [0, 0.05) is 11.1 Å². The minimum atomic E-state index is -3.06. The fourth-order valence-corrected chi connectivity index (χ4v) is 2.44. The van der Waals surface area contributed by atoms with Gasteiger partial charge in [-0.3, -0.25) is 14.2 Å². The summed E-state index contributed by atoms with van der Waals surface area (Å²) in [5.74, 6) is -2.28. The molecule has 0 bridgehead atoms. The summed E-state index contributed by atoms with van der Waals surface area (Å²) in [5.41, 5.74) is -1.57. The van der Waals surface area contributed by atoms with E-state index in [0.717, 1.165) is 48.5 Å². The van der Waals surface area contributed by atoms with Crippen molar-refractivity contribution in [2.24, 2.45) is 0 Å². The topological polar surface area (TPSA) is 106 Å². The molecule has 2 aromatic carbocycles. The molecule has 8 nitrogen and oxygen atoms in total. The number of hydrogen-bond acceptors (Lipinski definition) is 7. The molecule has 0 fully saturated rings. The minimum Gasteiger partial charge on any atom is -0.435 e. The van der Waals surface area contributed by atoms with E-state index in [0.29, 0.717) is 0 Å². The Morgan fingerprint density at radius 1 is 0.833 bits per heavy atom. The average Bonchev–Trinajstić information content (AvgIpc) is 3.08. The number of aromatic nitrogens is 2. The van der Waals surface area contributed by atoms with E-state index in [1.165, 1.54) is 0 Å². The maximum Gasteiger partial charge on any atom is 0.387 e. The molecule has 0 spiro atoms. The summed E-state index contributed by atoms with van der Waals surface area (Å²) in [5, 5.41) is 15.2. The predicted octanol–water partition coefficient (Wildman–Crippen LogP) is 2.97. The van der Waals surface area contributed by atoms with Crippen molar-refractivity contribution in [3.05, 3.63) is 76.3 Å². The van der Waals surface area contributed by atoms with Crippen LogP contribution in [0.15, 0.2) is 53.2 Å². The summed E-state index contributed by atoms with van der Waals surface area (Å²) in [6, 6.07) is 8.82. The molecule has 3 aromatic rings. The third-order valence-corrected chi connectivity index (χ3v) is 3.73. The zero-order chi connectivity index (χ0) is 21.8. The molecule has 1 heterocycles. The second-order valence-corrected chi connectivity index (χ2v) is 5.59. The highest BCUT2D eigenvalue weighted by molar-refractivity contribution is 6.16. The highest BCUT2D eigenvalue weighted by Crippen LogP contribution is 2.20. The molecule has 1 aromatic heterocycles. The number of nitrogens with zero attached hydrogens (tertiary/aromatic N) is 2. The van der Waals surface area contributed by atoms with E-state index in [1.807, 2.05) is 0 Å².